The first kappa shape index (κ1) is 22.4. The van der Waals surface area contributed by atoms with E-state index in [0.717, 1.165) is 27.9 Å². The number of carbonyl (C=O) groups is 1. The summed E-state index contributed by atoms with van der Waals surface area (Å²) < 4.78 is 0. The first-order valence-corrected chi connectivity index (χ1v) is 12.1. The Labute approximate surface area is 211 Å². The zero-order chi connectivity index (χ0) is 23.8. The first-order chi connectivity index (χ1) is 16.4. The maximum atomic E-state index is 13.2. The van der Waals surface area contributed by atoms with Crippen LogP contribution in [-0.2, 0) is 0 Å². The molecule has 0 unspecified atom stereocenters. The monoisotopic (exact) mass is 503 g/mol. The number of hydrogen-bond acceptors (Lipinski definition) is 4. The van der Waals surface area contributed by atoms with Gasteiger partial charge in [0.1, 0.15) is 9.71 Å². The van der Waals surface area contributed by atoms with Gasteiger partial charge in [-0.1, -0.05) is 65.7 Å². The maximum Gasteiger partial charge on any atom is 0.267 e. The molecule has 0 saturated heterocycles. The minimum Gasteiger partial charge on any atom is -0.397 e. The van der Waals surface area contributed by atoms with Crippen molar-refractivity contribution in [2.24, 2.45) is 0 Å². The van der Waals surface area contributed by atoms with Crippen molar-refractivity contribution in [1.82, 2.24) is 4.98 Å². The van der Waals surface area contributed by atoms with Crippen molar-refractivity contribution in [2.45, 2.75) is 6.92 Å². The Kier molecular flexibility index (Phi) is 6.00. The average molecular weight is 504 g/mol. The van der Waals surface area contributed by atoms with Crippen molar-refractivity contribution in [3.05, 3.63) is 99.3 Å². The number of nitrogens with zero attached hydrogens (tertiary/aromatic N) is 1. The number of nitrogens with two attached hydrogens (primary N) is 1. The summed E-state index contributed by atoms with van der Waals surface area (Å²) in [6, 6.07) is 24.6. The van der Waals surface area contributed by atoms with Crippen LogP contribution in [0.1, 0.15) is 15.2 Å². The topological polar surface area (TPSA) is 68.0 Å². The van der Waals surface area contributed by atoms with E-state index < -0.39 is 0 Å². The lowest BCUT2D eigenvalue weighted by Crippen LogP contribution is -2.12. The Morgan fingerprint density at radius 2 is 1.71 bits per heavy atom. The van der Waals surface area contributed by atoms with Crippen LogP contribution in [-0.4, -0.2) is 10.9 Å². The van der Waals surface area contributed by atoms with Crippen LogP contribution in [0.3, 0.4) is 0 Å². The molecule has 2 aromatic heterocycles. The van der Waals surface area contributed by atoms with Gasteiger partial charge in [-0.25, -0.2) is 4.98 Å². The molecule has 2 heterocycles. The van der Waals surface area contributed by atoms with Crippen LogP contribution in [0.5, 0.6) is 0 Å². The molecule has 3 aromatic carbocycles. The quantitative estimate of drug-likeness (QED) is 0.260. The van der Waals surface area contributed by atoms with Crippen LogP contribution < -0.4 is 11.1 Å². The Balaban J connectivity index is 1.69. The Morgan fingerprint density at radius 1 is 0.941 bits per heavy atom. The zero-order valence-corrected chi connectivity index (χ0v) is 20.4. The molecule has 4 nitrogen and oxygen atoms in total. The minimum atomic E-state index is -0.274. The number of aromatic nitrogens is 1. The van der Waals surface area contributed by atoms with E-state index in [-0.39, 0.29) is 5.91 Å². The number of aryl methyl sites for hydroxylation is 1. The summed E-state index contributed by atoms with van der Waals surface area (Å²) in [5, 5.41) is 4.90. The molecular weight excluding hydrogens is 485 g/mol. The van der Waals surface area contributed by atoms with Gasteiger partial charge >= 0.3 is 0 Å². The minimum absolute atomic E-state index is 0.274. The van der Waals surface area contributed by atoms with Gasteiger partial charge < -0.3 is 11.1 Å². The maximum absolute atomic E-state index is 13.2. The second kappa shape index (κ2) is 9.11. The van der Waals surface area contributed by atoms with E-state index in [1.807, 2.05) is 85.8 Å². The third-order valence-corrected chi connectivity index (χ3v) is 7.16. The van der Waals surface area contributed by atoms with E-state index in [4.69, 9.17) is 33.9 Å². The fraction of sp³-hybridized carbons (Fsp3) is 0.0370. The van der Waals surface area contributed by atoms with Gasteiger partial charge in [0, 0.05) is 32.2 Å². The normalized spacial score (nSPS) is 11.0. The average Bonchev–Trinajstić information content (AvgIpc) is 3.16. The molecule has 0 radical (unpaired) electrons. The molecule has 0 saturated carbocycles. The van der Waals surface area contributed by atoms with Crippen LogP contribution >= 0.6 is 34.5 Å². The molecule has 1 amide bonds. The summed E-state index contributed by atoms with van der Waals surface area (Å²) in [6.07, 6.45) is 0. The first-order valence-electron chi connectivity index (χ1n) is 10.5. The van der Waals surface area contributed by atoms with Gasteiger partial charge in [-0.15, -0.1) is 11.3 Å². The van der Waals surface area contributed by atoms with Gasteiger partial charge in [0.15, 0.2) is 0 Å². The van der Waals surface area contributed by atoms with Gasteiger partial charge in [0.25, 0.3) is 5.91 Å². The molecule has 34 heavy (non-hydrogen) atoms. The number of fused-ring (bicyclic) bond motifs is 1. The molecule has 0 aliphatic heterocycles. The molecule has 0 aliphatic rings. The number of halogens is 2. The van der Waals surface area contributed by atoms with Gasteiger partial charge in [-0.05, 0) is 54.4 Å². The highest BCUT2D eigenvalue weighted by Gasteiger charge is 2.22. The van der Waals surface area contributed by atoms with E-state index >= 15 is 0 Å². The van der Waals surface area contributed by atoms with Gasteiger partial charge in [0.2, 0.25) is 0 Å². The highest BCUT2D eigenvalue weighted by Crippen LogP contribution is 2.43. The fourth-order valence-corrected chi connectivity index (χ4v) is 5.24. The van der Waals surface area contributed by atoms with Crippen LogP contribution in [0.2, 0.25) is 10.0 Å². The Morgan fingerprint density at radius 3 is 2.44 bits per heavy atom. The van der Waals surface area contributed by atoms with Crippen molar-refractivity contribution in [2.75, 3.05) is 11.1 Å². The summed E-state index contributed by atoms with van der Waals surface area (Å²) in [6.45, 7) is 1.97. The van der Waals surface area contributed by atoms with Gasteiger partial charge in [-0.2, -0.15) is 0 Å². The Bertz CT molecular complexity index is 1540. The largest absolute Gasteiger partial charge is 0.397 e. The number of pyridine rings is 1. The number of carbonyl (C=O) groups excluding carboxylic acids is 1. The number of nitrogens with one attached hydrogen (secondary N) is 1. The SMILES string of the molecule is Cc1cccc(NC(=O)c2sc3nc(-c4ccc(Cl)cc4)cc(-c4ccccc4Cl)c3c2N)c1. The second-order valence-corrected chi connectivity index (χ2v) is 9.73. The van der Waals surface area contributed by atoms with Crippen LogP contribution in [0.4, 0.5) is 11.4 Å². The summed E-state index contributed by atoms with van der Waals surface area (Å²) >= 11 is 13.9. The molecule has 7 heteroatoms. The summed E-state index contributed by atoms with van der Waals surface area (Å²) in [7, 11) is 0. The molecule has 168 valence electrons. The van der Waals surface area contributed by atoms with E-state index in [9.17, 15) is 4.79 Å². The lowest BCUT2D eigenvalue weighted by atomic mass is 9.99. The van der Waals surface area contributed by atoms with Gasteiger partial charge in [0.05, 0.1) is 11.4 Å². The molecule has 0 atom stereocenters. The number of thiophene rings is 1. The van der Waals surface area contributed by atoms with Crippen molar-refractivity contribution >= 4 is 62.0 Å². The Hall–Kier alpha value is -3.38. The number of anilines is 2. The van der Waals surface area contributed by atoms with Crippen LogP contribution in [0, 0.1) is 6.92 Å². The third kappa shape index (κ3) is 4.26. The molecular formula is C27H19Cl2N3OS. The lowest BCUT2D eigenvalue weighted by Gasteiger charge is -2.10. The zero-order valence-electron chi connectivity index (χ0n) is 18.1. The summed E-state index contributed by atoms with van der Waals surface area (Å²) in [5.74, 6) is -0.274. The van der Waals surface area contributed by atoms with Crippen molar-refractivity contribution < 1.29 is 4.79 Å². The summed E-state index contributed by atoms with van der Waals surface area (Å²) in [4.78, 5) is 19.1. The van der Waals surface area contributed by atoms with Gasteiger partial charge in [-0.3, -0.25) is 4.79 Å². The smallest absolute Gasteiger partial charge is 0.267 e. The lowest BCUT2D eigenvalue weighted by molar-refractivity contribution is 0.103. The standard InChI is InChI=1S/C27H19Cl2N3OS/c1-15-5-4-6-18(13-15)31-26(33)25-24(30)23-20(19-7-2-3-8-21(19)29)14-22(32-27(23)34-25)16-9-11-17(28)12-10-16/h2-14H,30H2,1H3,(H,31,33). The molecule has 0 spiro atoms. The van der Waals surface area contributed by atoms with Crippen molar-refractivity contribution in [1.29, 1.82) is 0 Å². The van der Waals surface area contributed by atoms with E-state index in [2.05, 4.69) is 5.32 Å². The predicted octanol–water partition coefficient (Wildman–Crippen LogP) is 8.08. The highest BCUT2D eigenvalue weighted by atomic mass is 35.5. The van der Waals surface area contributed by atoms with E-state index in [0.29, 0.717) is 36.5 Å². The molecule has 0 aliphatic carbocycles. The van der Waals surface area contributed by atoms with Crippen molar-refractivity contribution in [3.63, 3.8) is 0 Å². The second-order valence-electron chi connectivity index (χ2n) is 7.89. The number of benzene rings is 3. The molecule has 0 fully saturated rings. The van der Waals surface area contributed by atoms with E-state index in [1.165, 1.54) is 11.3 Å². The number of amides is 1. The van der Waals surface area contributed by atoms with E-state index in [1.54, 1.807) is 0 Å². The number of nitrogen functional groups attached to an aromatic ring is 1. The molecule has 0 bridgehead atoms. The fourth-order valence-electron chi connectivity index (χ4n) is 3.86. The highest BCUT2D eigenvalue weighted by molar-refractivity contribution is 7.21. The van der Waals surface area contributed by atoms with Crippen molar-refractivity contribution in [3.8, 4) is 22.4 Å². The predicted molar refractivity (Wildman–Crippen MR) is 144 cm³/mol. The molecule has 5 rings (SSSR count). The van der Waals surface area contributed by atoms with Crippen LogP contribution in [0.25, 0.3) is 32.6 Å². The number of rotatable bonds is 4. The number of hydrogen-bond donors (Lipinski definition) is 2. The summed E-state index contributed by atoms with van der Waals surface area (Å²) in [5.41, 5.74) is 12.0. The third-order valence-electron chi connectivity index (χ3n) is 5.49. The molecule has 3 N–H and O–H groups in total. The molecule has 5 aromatic rings. The van der Waals surface area contributed by atoms with Crippen LogP contribution in [0.15, 0.2) is 78.9 Å².